The lowest BCUT2D eigenvalue weighted by Gasteiger charge is -2.28. The smallest absolute Gasteiger partial charge is 0.329 e. The lowest BCUT2D eigenvalue weighted by molar-refractivity contribution is -0.165. The summed E-state index contributed by atoms with van der Waals surface area (Å²) in [4.78, 5) is 78.6. The number of hydrogen-bond donors (Lipinski definition) is 6. The Bertz CT molecular complexity index is 1100. The summed E-state index contributed by atoms with van der Waals surface area (Å²) in [6.45, 7) is 19.4. The molecule has 0 bridgehead atoms. The summed E-state index contributed by atoms with van der Waals surface area (Å²) >= 11 is 0. The van der Waals surface area contributed by atoms with E-state index >= 15 is 0 Å². The van der Waals surface area contributed by atoms with Gasteiger partial charge >= 0.3 is 23.9 Å². The minimum atomic E-state index is -1.26. The number of hydrazine groups is 1. The van der Waals surface area contributed by atoms with Gasteiger partial charge in [-0.25, -0.2) is 10.2 Å². The van der Waals surface area contributed by atoms with E-state index in [2.05, 4.69) is 26.8 Å². The quantitative estimate of drug-likeness (QED) is 0.0783. The molecule has 0 aromatic heterocycles. The van der Waals surface area contributed by atoms with Crippen LogP contribution in [-0.2, 0) is 43.0 Å². The number of carboxylic acid groups (broad SMARTS) is 1. The fourth-order valence-corrected chi connectivity index (χ4v) is 4.45. The minimum absolute atomic E-state index is 0.00111. The van der Waals surface area contributed by atoms with Crippen LogP contribution >= 0.6 is 0 Å². The van der Waals surface area contributed by atoms with Gasteiger partial charge in [0.1, 0.15) is 28.9 Å². The molecule has 17 nitrogen and oxygen atoms in total. The fourth-order valence-electron chi connectivity index (χ4n) is 4.45. The molecule has 1 aliphatic rings. The van der Waals surface area contributed by atoms with Crippen molar-refractivity contribution in [3.05, 3.63) is 0 Å². The lowest BCUT2D eigenvalue weighted by Crippen LogP contribution is -2.53. The van der Waals surface area contributed by atoms with E-state index < -0.39 is 71.0 Å². The molecule has 0 unspecified atom stereocenters. The summed E-state index contributed by atoms with van der Waals surface area (Å²) < 4.78 is 16.1. The summed E-state index contributed by atoms with van der Waals surface area (Å²) in [5, 5.41) is 18.4. The number of rotatable bonds is 13. The van der Waals surface area contributed by atoms with Gasteiger partial charge in [-0.05, 0) is 62.3 Å². The molecular weight excluding hydrogens is 642 g/mol. The highest BCUT2D eigenvalue weighted by Gasteiger charge is 2.31. The molecule has 2 atom stereocenters. The van der Waals surface area contributed by atoms with Crippen molar-refractivity contribution in [2.75, 3.05) is 65.4 Å². The van der Waals surface area contributed by atoms with Crippen LogP contribution < -0.4 is 26.8 Å². The Labute approximate surface area is 289 Å². The molecule has 0 aromatic carbocycles. The Hall–Kier alpha value is -3.38. The molecule has 0 aliphatic carbocycles. The summed E-state index contributed by atoms with van der Waals surface area (Å²) in [6, 6.07) is -2.46. The van der Waals surface area contributed by atoms with Crippen LogP contribution in [0.3, 0.4) is 0 Å². The van der Waals surface area contributed by atoms with Crippen LogP contribution in [0.15, 0.2) is 0 Å². The Kier molecular flexibility index (Phi) is 18.1. The summed E-state index contributed by atoms with van der Waals surface area (Å²) in [5.74, 6) is -4.24. The first-order valence-electron chi connectivity index (χ1n) is 16.6. The molecule has 1 heterocycles. The molecule has 0 spiro atoms. The zero-order valence-corrected chi connectivity index (χ0v) is 30.7. The molecule has 282 valence electrons. The number of ether oxygens (including phenoxy) is 3. The molecule has 1 fully saturated rings. The van der Waals surface area contributed by atoms with Crippen molar-refractivity contribution in [3.8, 4) is 0 Å². The van der Waals surface area contributed by atoms with Gasteiger partial charge in [-0.2, -0.15) is 0 Å². The molecular formula is C32H59N7O10. The molecule has 2 amide bonds. The average molecular weight is 702 g/mol. The molecule has 49 heavy (non-hydrogen) atoms. The van der Waals surface area contributed by atoms with Crippen LogP contribution in [0.1, 0.15) is 75.2 Å². The maximum absolute atomic E-state index is 13.1. The van der Waals surface area contributed by atoms with Gasteiger partial charge in [0, 0.05) is 52.4 Å². The minimum Gasteiger partial charge on any atom is -0.481 e. The van der Waals surface area contributed by atoms with E-state index in [0.29, 0.717) is 52.4 Å². The van der Waals surface area contributed by atoms with Crippen molar-refractivity contribution in [1.82, 2.24) is 36.6 Å². The third-order valence-corrected chi connectivity index (χ3v) is 6.43. The van der Waals surface area contributed by atoms with Crippen LogP contribution in [-0.4, -0.2) is 145 Å². The predicted molar refractivity (Wildman–Crippen MR) is 180 cm³/mol. The maximum Gasteiger partial charge on any atom is 0.329 e. The largest absolute Gasteiger partial charge is 0.481 e. The summed E-state index contributed by atoms with van der Waals surface area (Å²) in [7, 11) is 0. The van der Waals surface area contributed by atoms with E-state index in [1.165, 1.54) is 0 Å². The Morgan fingerprint density at radius 1 is 0.633 bits per heavy atom. The van der Waals surface area contributed by atoms with Crippen LogP contribution in [0.2, 0.25) is 0 Å². The molecule has 17 heteroatoms. The zero-order chi connectivity index (χ0) is 37.4. The van der Waals surface area contributed by atoms with Gasteiger partial charge < -0.3 is 35.3 Å². The number of esters is 3. The Morgan fingerprint density at radius 2 is 1.04 bits per heavy atom. The standard InChI is InChI=1S/C32H59N7O10/c1-30(2,3)47-27(44)19-22(28(45)48-31(4,5)6)35-24(40)20-38-14-10-33-12-16-39(17-13-34-11-15-38)21-25(41)37-36-23(18-26(42)43)29(46)49-32(7,8)9/h22-23,33-34,36H,10-21H2,1-9H3,(H,35,40)(H,37,41)(H,42,43)/t22-,23-/m0/s1. The van der Waals surface area contributed by atoms with Crippen LogP contribution in [0.25, 0.3) is 0 Å². The van der Waals surface area contributed by atoms with Gasteiger partial charge in [0.05, 0.1) is 25.9 Å². The third-order valence-electron chi connectivity index (χ3n) is 6.43. The van der Waals surface area contributed by atoms with Crippen molar-refractivity contribution in [1.29, 1.82) is 0 Å². The molecule has 0 saturated carbocycles. The number of nitrogens with zero attached hydrogens (tertiary/aromatic N) is 2. The number of carbonyl (C=O) groups excluding carboxylic acids is 5. The van der Waals surface area contributed by atoms with Crippen molar-refractivity contribution in [3.63, 3.8) is 0 Å². The molecule has 0 radical (unpaired) electrons. The van der Waals surface area contributed by atoms with E-state index in [4.69, 9.17) is 14.2 Å². The highest BCUT2D eigenvalue weighted by atomic mass is 16.6. The number of hydrogen-bond acceptors (Lipinski definition) is 14. The van der Waals surface area contributed by atoms with Gasteiger partial charge in [-0.15, -0.1) is 0 Å². The third kappa shape index (κ3) is 22.1. The van der Waals surface area contributed by atoms with E-state index in [9.17, 15) is 33.9 Å². The first kappa shape index (κ1) is 43.6. The SMILES string of the molecule is CC(C)(C)OC(=O)C[C@H](NC(=O)CN1CCNCCN(CC(=O)NN[C@@H](CC(=O)O)C(=O)OC(C)(C)C)CCNCC1)C(=O)OC(C)(C)C. The van der Waals surface area contributed by atoms with Crippen LogP contribution in [0.4, 0.5) is 0 Å². The van der Waals surface area contributed by atoms with Crippen LogP contribution in [0.5, 0.6) is 0 Å². The van der Waals surface area contributed by atoms with Crippen molar-refractivity contribution in [2.45, 2.75) is 104 Å². The second-order valence-electron chi connectivity index (χ2n) is 14.9. The van der Waals surface area contributed by atoms with E-state index in [-0.39, 0.29) is 19.5 Å². The van der Waals surface area contributed by atoms with Gasteiger partial charge in [-0.1, -0.05) is 0 Å². The van der Waals surface area contributed by atoms with Gasteiger partial charge in [0.25, 0.3) is 0 Å². The Morgan fingerprint density at radius 3 is 1.45 bits per heavy atom. The number of aliphatic carboxylic acids is 1. The predicted octanol–water partition coefficient (Wildman–Crippen LogP) is -0.853. The van der Waals surface area contributed by atoms with E-state index in [1.54, 1.807) is 62.3 Å². The second-order valence-corrected chi connectivity index (χ2v) is 14.9. The molecule has 1 saturated heterocycles. The van der Waals surface area contributed by atoms with Gasteiger partial charge in [0.2, 0.25) is 11.8 Å². The number of amides is 2. The van der Waals surface area contributed by atoms with Gasteiger partial charge in [0.15, 0.2) is 0 Å². The van der Waals surface area contributed by atoms with Crippen molar-refractivity contribution >= 4 is 35.7 Å². The normalized spacial score (nSPS) is 17.3. The average Bonchev–Trinajstić information content (AvgIpc) is 2.90. The zero-order valence-electron chi connectivity index (χ0n) is 30.7. The highest BCUT2D eigenvalue weighted by Crippen LogP contribution is 2.13. The first-order valence-corrected chi connectivity index (χ1v) is 16.6. The second kappa shape index (κ2) is 20.3. The van der Waals surface area contributed by atoms with Gasteiger partial charge in [-0.3, -0.25) is 39.2 Å². The molecule has 1 aliphatic heterocycles. The number of carbonyl (C=O) groups is 6. The lowest BCUT2D eigenvalue weighted by atomic mass is 10.1. The van der Waals surface area contributed by atoms with Crippen molar-refractivity contribution in [2.24, 2.45) is 0 Å². The first-order chi connectivity index (χ1) is 22.5. The molecule has 1 rings (SSSR count). The van der Waals surface area contributed by atoms with Crippen molar-refractivity contribution < 1.29 is 48.1 Å². The molecule has 6 N–H and O–H groups in total. The summed E-state index contributed by atoms with van der Waals surface area (Å²) in [5.41, 5.74) is 2.54. The number of nitrogens with one attached hydrogen (secondary N) is 5. The Balaban J connectivity index is 2.69. The molecule has 0 aromatic rings. The topological polar surface area (TPSA) is 217 Å². The fraction of sp³-hybridized carbons (Fsp3) is 0.812. The number of carboxylic acids is 1. The highest BCUT2D eigenvalue weighted by molar-refractivity contribution is 5.89. The maximum atomic E-state index is 13.1. The summed E-state index contributed by atoms with van der Waals surface area (Å²) in [6.07, 6.45) is -0.930. The van der Waals surface area contributed by atoms with Crippen LogP contribution in [0, 0.1) is 0 Å². The van der Waals surface area contributed by atoms with E-state index in [1.807, 2.05) is 9.80 Å². The monoisotopic (exact) mass is 701 g/mol. The van der Waals surface area contributed by atoms with E-state index in [0.717, 1.165) is 0 Å².